The van der Waals surface area contributed by atoms with E-state index in [1.165, 1.54) is 17.5 Å². The summed E-state index contributed by atoms with van der Waals surface area (Å²) < 4.78 is 5.56. The standard InChI is InChI=1S/C17H29NO/c1-6-8-14-9-11-15(12-10-14)16(18-7-2)13-17(3,4)19-5/h9-12,16,18H,6-8,13H2,1-5H3. The molecule has 1 rings (SSSR count). The molecule has 0 amide bonds. The Hall–Kier alpha value is -0.860. The average Bonchev–Trinajstić information content (AvgIpc) is 2.39. The van der Waals surface area contributed by atoms with Crippen molar-refractivity contribution in [1.29, 1.82) is 0 Å². The molecule has 1 atom stereocenters. The molecule has 0 saturated carbocycles. The summed E-state index contributed by atoms with van der Waals surface area (Å²) >= 11 is 0. The van der Waals surface area contributed by atoms with Gasteiger partial charge in [0, 0.05) is 13.2 Å². The summed E-state index contributed by atoms with van der Waals surface area (Å²) in [5.74, 6) is 0. The van der Waals surface area contributed by atoms with E-state index in [0.717, 1.165) is 19.4 Å². The monoisotopic (exact) mass is 263 g/mol. The Bertz CT molecular complexity index is 356. The number of rotatable bonds is 8. The van der Waals surface area contributed by atoms with Crippen molar-refractivity contribution in [3.63, 3.8) is 0 Å². The third-order valence-corrected chi connectivity index (χ3v) is 3.62. The van der Waals surface area contributed by atoms with Crippen LogP contribution in [0.25, 0.3) is 0 Å². The Morgan fingerprint density at radius 2 is 1.79 bits per heavy atom. The lowest BCUT2D eigenvalue weighted by atomic mass is 9.92. The smallest absolute Gasteiger partial charge is 0.0640 e. The molecule has 108 valence electrons. The van der Waals surface area contributed by atoms with E-state index in [0.29, 0.717) is 6.04 Å². The second kappa shape index (κ2) is 7.66. The number of ether oxygens (including phenoxy) is 1. The van der Waals surface area contributed by atoms with Gasteiger partial charge in [-0.2, -0.15) is 0 Å². The molecule has 0 saturated heterocycles. The van der Waals surface area contributed by atoms with Gasteiger partial charge in [-0.15, -0.1) is 0 Å². The maximum atomic E-state index is 5.56. The minimum atomic E-state index is -0.102. The predicted molar refractivity (Wildman–Crippen MR) is 82.6 cm³/mol. The van der Waals surface area contributed by atoms with Gasteiger partial charge in [-0.1, -0.05) is 44.5 Å². The maximum Gasteiger partial charge on any atom is 0.0640 e. The fourth-order valence-electron chi connectivity index (χ4n) is 2.33. The Morgan fingerprint density at radius 3 is 2.26 bits per heavy atom. The van der Waals surface area contributed by atoms with Crippen molar-refractivity contribution in [3.8, 4) is 0 Å². The van der Waals surface area contributed by atoms with Crippen LogP contribution in [0.4, 0.5) is 0 Å². The molecule has 0 aromatic heterocycles. The van der Waals surface area contributed by atoms with E-state index in [-0.39, 0.29) is 5.60 Å². The molecule has 2 heteroatoms. The lowest BCUT2D eigenvalue weighted by Gasteiger charge is -2.29. The first-order valence-electron chi connectivity index (χ1n) is 7.39. The van der Waals surface area contributed by atoms with Gasteiger partial charge in [0.05, 0.1) is 5.60 Å². The topological polar surface area (TPSA) is 21.3 Å². The first-order valence-corrected chi connectivity index (χ1v) is 7.39. The second-order valence-corrected chi connectivity index (χ2v) is 5.77. The Balaban J connectivity index is 2.80. The normalized spacial score (nSPS) is 13.5. The molecular formula is C17H29NO. The summed E-state index contributed by atoms with van der Waals surface area (Å²) in [6.45, 7) is 9.63. The Kier molecular flexibility index (Phi) is 6.53. The maximum absolute atomic E-state index is 5.56. The zero-order valence-corrected chi connectivity index (χ0v) is 13.1. The molecule has 0 aliphatic carbocycles. The lowest BCUT2D eigenvalue weighted by Crippen LogP contribution is -2.32. The van der Waals surface area contributed by atoms with E-state index < -0.39 is 0 Å². The van der Waals surface area contributed by atoms with Crippen LogP contribution in [0.1, 0.15) is 57.7 Å². The summed E-state index contributed by atoms with van der Waals surface area (Å²) in [6, 6.07) is 9.37. The van der Waals surface area contributed by atoms with Crippen molar-refractivity contribution in [1.82, 2.24) is 5.32 Å². The molecular weight excluding hydrogens is 234 g/mol. The number of hydrogen-bond acceptors (Lipinski definition) is 2. The Morgan fingerprint density at radius 1 is 1.16 bits per heavy atom. The minimum Gasteiger partial charge on any atom is -0.379 e. The fourth-order valence-corrected chi connectivity index (χ4v) is 2.33. The van der Waals surface area contributed by atoms with Gasteiger partial charge in [-0.05, 0) is 44.4 Å². The number of methoxy groups -OCH3 is 1. The molecule has 1 aromatic rings. The highest BCUT2D eigenvalue weighted by Crippen LogP contribution is 2.26. The van der Waals surface area contributed by atoms with Crippen molar-refractivity contribution in [2.24, 2.45) is 0 Å². The highest BCUT2D eigenvalue weighted by atomic mass is 16.5. The zero-order chi connectivity index (χ0) is 14.3. The predicted octanol–water partition coefficient (Wildman–Crippen LogP) is 4.10. The van der Waals surface area contributed by atoms with Crippen LogP contribution in [0, 0.1) is 0 Å². The van der Waals surface area contributed by atoms with Crippen molar-refractivity contribution in [2.45, 2.75) is 58.6 Å². The number of hydrogen-bond donors (Lipinski definition) is 1. The van der Waals surface area contributed by atoms with Gasteiger partial charge >= 0.3 is 0 Å². The summed E-state index contributed by atoms with van der Waals surface area (Å²) in [7, 11) is 1.79. The number of nitrogens with one attached hydrogen (secondary N) is 1. The highest BCUT2D eigenvalue weighted by Gasteiger charge is 2.23. The van der Waals surface area contributed by atoms with E-state index in [2.05, 4.69) is 57.3 Å². The largest absolute Gasteiger partial charge is 0.379 e. The Labute approximate surface area is 118 Å². The summed E-state index contributed by atoms with van der Waals surface area (Å²) in [5.41, 5.74) is 2.67. The SMILES string of the molecule is CCCc1ccc(C(CC(C)(C)OC)NCC)cc1. The van der Waals surface area contributed by atoms with E-state index in [9.17, 15) is 0 Å². The molecule has 0 spiro atoms. The molecule has 1 N–H and O–H groups in total. The van der Waals surface area contributed by atoms with Crippen LogP contribution in [0.5, 0.6) is 0 Å². The number of aryl methyl sites for hydroxylation is 1. The van der Waals surface area contributed by atoms with Crippen LogP contribution in [-0.2, 0) is 11.2 Å². The van der Waals surface area contributed by atoms with Crippen molar-refractivity contribution in [2.75, 3.05) is 13.7 Å². The molecule has 0 aliphatic heterocycles. The van der Waals surface area contributed by atoms with E-state index in [4.69, 9.17) is 4.74 Å². The van der Waals surface area contributed by atoms with Gasteiger partial charge in [0.15, 0.2) is 0 Å². The van der Waals surface area contributed by atoms with E-state index in [1.807, 2.05) is 0 Å². The minimum absolute atomic E-state index is 0.102. The molecule has 0 bridgehead atoms. The van der Waals surface area contributed by atoms with Crippen LogP contribution >= 0.6 is 0 Å². The summed E-state index contributed by atoms with van der Waals surface area (Å²) in [5, 5.41) is 3.56. The third kappa shape index (κ3) is 5.33. The zero-order valence-electron chi connectivity index (χ0n) is 13.1. The van der Waals surface area contributed by atoms with Gasteiger partial charge in [-0.3, -0.25) is 0 Å². The molecule has 0 fully saturated rings. The molecule has 0 aliphatic rings. The molecule has 1 unspecified atom stereocenters. The van der Waals surface area contributed by atoms with Crippen LogP contribution in [0.2, 0.25) is 0 Å². The first-order chi connectivity index (χ1) is 9.02. The highest BCUT2D eigenvalue weighted by molar-refractivity contribution is 5.25. The first kappa shape index (κ1) is 16.2. The average molecular weight is 263 g/mol. The lowest BCUT2D eigenvalue weighted by molar-refractivity contribution is 0.00697. The van der Waals surface area contributed by atoms with E-state index >= 15 is 0 Å². The van der Waals surface area contributed by atoms with Crippen molar-refractivity contribution < 1.29 is 4.74 Å². The summed E-state index contributed by atoms with van der Waals surface area (Å²) in [4.78, 5) is 0. The molecule has 19 heavy (non-hydrogen) atoms. The van der Waals surface area contributed by atoms with Gasteiger partial charge in [0.25, 0.3) is 0 Å². The second-order valence-electron chi connectivity index (χ2n) is 5.77. The third-order valence-electron chi connectivity index (χ3n) is 3.62. The fraction of sp³-hybridized carbons (Fsp3) is 0.647. The summed E-state index contributed by atoms with van der Waals surface area (Å²) in [6.07, 6.45) is 3.34. The van der Waals surface area contributed by atoms with Gasteiger partial charge in [-0.25, -0.2) is 0 Å². The van der Waals surface area contributed by atoms with Gasteiger partial charge < -0.3 is 10.1 Å². The van der Waals surface area contributed by atoms with Crippen molar-refractivity contribution >= 4 is 0 Å². The number of benzene rings is 1. The van der Waals surface area contributed by atoms with E-state index in [1.54, 1.807) is 7.11 Å². The van der Waals surface area contributed by atoms with Gasteiger partial charge in [0.1, 0.15) is 0 Å². The molecule has 2 nitrogen and oxygen atoms in total. The van der Waals surface area contributed by atoms with Crippen LogP contribution in [0.15, 0.2) is 24.3 Å². The molecule has 1 aromatic carbocycles. The van der Waals surface area contributed by atoms with Crippen LogP contribution in [-0.4, -0.2) is 19.3 Å². The molecule has 0 radical (unpaired) electrons. The van der Waals surface area contributed by atoms with Crippen molar-refractivity contribution in [3.05, 3.63) is 35.4 Å². The molecule has 0 heterocycles. The van der Waals surface area contributed by atoms with Crippen LogP contribution in [0.3, 0.4) is 0 Å². The van der Waals surface area contributed by atoms with Crippen LogP contribution < -0.4 is 5.32 Å². The van der Waals surface area contributed by atoms with Gasteiger partial charge in [0.2, 0.25) is 0 Å². The quantitative estimate of drug-likeness (QED) is 0.762.